The predicted molar refractivity (Wildman–Crippen MR) is 41.2 cm³/mol. The minimum absolute atomic E-state index is 0.840. The Morgan fingerprint density at radius 3 is 2.40 bits per heavy atom. The lowest BCUT2D eigenvalue weighted by atomic mass is 10.2. The van der Waals surface area contributed by atoms with Gasteiger partial charge in [0.1, 0.15) is 0 Å². The number of hydrazone groups is 1. The van der Waals surface area contributed by atoms with Gasteiger partial charge in [0.05, 0.1) is 13.2 Å². The molecule has 1 saturated heterocycles. The van der Waals surface area contributed by atoms with Gasteiger partial charge in [0, 0.05) is 32.6 Å². The molecular formula is C7H14N2O. The molecule has 0 saturated carbocycles. The van der Waals surface area contributed by atoms with Gasteiger partial charge in [-0.3, -0.25) is 0 Å². The largest absolute Gasteiger partial charge is 0.381 e. The lowest BCUT2D eigenvalue weighted by Gasteiger charge is -2.15. The fraction of sp³-hybridized carbons (Fsp3) is 0.857. The molecule has 3 heteroatoms. The lowest BCUT2D eigenvalue weighted by molar-refractivity contribution is 0.133. The van der Waals surface area contributed by atoms with Crippen LogP contribution in [0, 0.1) is 0 Å². The summed E-state index contributed by atoms with van der Waals surface area (Å²) in [6.07, 6.45) is 2.00. The highest BCUT2D eigenvalue weighted by Gasteiger charge is 2.06. The first kappa shape index (κ1) is 7.54. The van der Waals surface area contributed by atoms with Crippen molar-refractivity contribution in [3.63, 3.8) is 0 Å². The van der Waals surface area contributed by atoms with E-state index in [-0.39, 0.29) is 0 Å². The van der Waals surface area contributed by atoms with Crippen LogP contribution in [0.2, 0.25) is 0 Å². The van der Waals surface area contributed by atoms with Gasteiger partial charge in [-0.15, -0.1) is 0 Å². The highest BCUT2D eigenvalue weighted by Crippen LogP contribution is 2.02. The normalized spacial score (nSPS) is 18.8. The molecule has 0 N–H and O–H groups in total. The van der Waals surface area contributed by atoms with Crippen LogP contribution < -0.4 is 0 Å². The molecule has 0 unspecified atom stereocenters. The van der Waals surface area contributed by atoms with Crippen molar-refractivity contribution in [3.8, 4) is 0 Å². The summed E-state index contributed by atoms with van der Waals surface area (Å²) < 4.78 is 5.18. The van der Waals surface area contributed by atoms with Crippen molar-refractivity contribution in [2.75, 3.05) is 27.3 Å². The second-order valence-electron chi connectivity index (χ2n) is 2.63. The molecule has 0 aromatic heterocycles. The summed E-state index contributed by atoms with van der Waals surface area (Å²) in [5.74, 6) is 0. The molecule has 0 atom stereocenters. The number of hydrogen-bond donors (Lipinski definition) is 0. The standard InChI is InChI=1S/C7H14N2O/c1-9(2)8-7-3-5-10-6-4-7/h3-6H2,1-2H3. The maximum absolute atomic E-state index is 5.18. The van der Waals surface area contributed by atoms with Crippen molar-refractivity contribution in [2.24, 2.45) is 5.10 Å². The Bertz CT molecular complexity index is 124. The van der Waals surface area contributed by atoms with E-state index in [1.165, 1.54) is 5.71 Å². The molecule has 1 aliphatic heterocycles. The van der Waals surface area contributed by atoms with Gasteiger partial charge in [0.2, 0.25) is 0 Å². The van der Waals surface area contributed by atoms with E-state index in [0.717, 1.165) is 26.1 Å². The van der Waals surface area contributed by atoms with Crippen LogP contribution in [0.15, 0.2) is 5.10 Å². The third kappa shape index (κ3) is 2.35. The van der Waals surface area contributed by atoms with Crippen LogP contribution in [0.1, 0.15) is 12.8 Å². The lowest BCUT2D eigenvalue weighted by Crippen LogP contribution is -2.18. The van der Waals surface area contributed by atoms with Gasteiger partial charge in [0.25, 0.3) is 0 Å². The van der Waals surface area contributed by atoms with Crippen molar-refractivity contribution >= 4 is 5.71 Å². The van der Waals surface area contributed by atoms with Crippen LogP contribution in [-0.2, 0) is 4.74 Å². The van der Waals surface area contributed by atoms with Gasteiger partial charge in [-0.25, -0.2) is 0 Å². The van der Waals surface area contributed by atoms with E-state index in [2.05, 4.69) is 5.10 Å². The monoisotopic (exact) mass is 142 g/mol. The Labute approximate surface area is 61.7 Å². The van der Waals surface area contributed by atoms with Gasteiger partial charge < -0.3 is 9.75 Å². The Morgan fingerprint density at radius 1 is 1.30 bits per heavy atom. The maximum atomic E-state index is 5.18. The average Bonchev–Trinajstić information content (AvgIpc) is 1.88. The number of ether oxygens (including phenoxy) is 1. The molecule has 0 aliphatic carbocycles. The molecule has 0 amide bonds. The van der Waals surface area contributed by atoms with E-state index < -0.39 is 0 Å². The average molecular weight is 142 g/mol. The minimum Gasteiger partial charge on any atom is -0.381 e. The van der Waals surface area contributed by atoms with Crippen LogP contribution in [0.4, 0.5) is 0 Å². The molecule has 1 fully saturated rings. The molecule has 0 aromatic carbocycles. The second kappa shape index (κ2) is 3.56. The zero-order valence-corrected chi connectivity index (χ0v) is 6.63. The summed E-state index contributed by atoms with van der Waals surface area (Å²) in [7, 11) is 3.89. The smallest absolute Gasteiger partial charge is 0.0519 e. The van der Waals surface area contributed by atoms with Gasteiger partial charge in [-0.05, 0) is 0 Å². The topological polar surface area (TPSA) is 24.8 Å². The SMILES string of the molecule is CN(C)N=C1CCOCC1. The zero-order valence-electron chi connectivity index (χ0n) is 6.63. The summed E-state index contributed by atoms with van der Waals surface area (Å²) in [5.41, 5.74) is 1.26. The van der Waals surface area contributed by atoms with E-state index in [1.54, 1.807) is 0 Å². The van der Waals surface area contributed by atoms with Crippen molar-refractivity contribution < 1.29 is 4.74 Å². The third-order valence-corrected chi connectivity index (χ3v) is 1.41. The minimum atomic E-state index is 0.840. The van der Waals surface area contributed by atoms with Crippen molar-refractivity contribution in [2.45, 2.75) is 12.8 Å². The maximum Gasteiger partial charge on any atom is 0.0519 e. The zero-order chi connectivity index (χ0) is 7.40. The fourth-order valence-corrected chi connectivity index (χ4v) is 0.990. The van der Waals surface area contributed by atoms with Gasteiger partial charge in [0.15, 0.2) is 0 Å². The highest BCUT2D eigenvalue weighted by atomic mass is 16.5. The Hall–Kier alpha value is -0.570. The second-order valence-corrected chi connectivity index (χ2v) is 2.63. The van der Waals surface area contributed by atoms with E-state index in [1.807, 2.05) is 19.1 Å². The molecule has 10 heavy (non-hydrogen) atoms. The van der Waals surface area contributed by atoms with Crippen LogP contribution >= 0.6 is 0 Å². The summed E-state index contributed by atoms with van der Waals surface area (Å²) in [4.78, 5) is 0. The van der Waals surface area contributed by atoms with Crippen LogP contribution in [-0.4, -0.2) is 38.0 Å². The van der Waals surface area contributed by atoms with Crippen LogP contribution in [0.25, 0.3) is 0 Å². The van der Waals surface area contributed by atoms with Crippen LogP contribution in [0.5, 0.6) is 0 Å². The van der Waals surface area contributed by atoms with E-state index in [0.29, 0.717) is 0 Å². The molecule has 0 aromatic rings. The molecule has 1 rings (SSSR count). The molecule has 3 nitrogen and oxygen atoms in total. The summed E-state index contributed by atoms with van der Waals surface area (Å²) >= 11 is 0. The number of hydrogen-bond acceptors (Lipinski definition) is 3. The first-order chi connectivity index (χ1) is 4.79. The third-order valence-electron chi connectivity index (χ3n) is 1.41. The van der Waals surface area contributed by atoms with E-state index >= 15 is 0 Å². The molecule has 0 radical (unpaired) electrons. The van der Waals surface area contributed by atoms with Gasteiger partial charge >= 0.3 is 0 Å². The Kier molecular flexibility index (Phi) is 2.68. The first-order valence-electron chi connectivity index (χ1n) is 3.60. The Morgan fingerprint density at radius 2 is 1.90 bits per heavy atom. The van der Waals surface area contributed by atoms with E-state index in [9.17, 15) is 0 Å². The fourth-order valence-electron chi connectivity index (χ4n) is 0.990. The molecule has 1 heterocycles. The molecular weight excluding hydrogens is 128 g/mol. The summed E-state index contributed by atoms with van der Waals surface area (Å²) in [6.45, 7) is 1.68. The van der Waals surface area contributed by atoms with Crippen molar-refractivity contribution in [1.82, 2.24) is 5.01 Å². The summed E-state index contributed by atoms with van der Waals surface area (Å²) in [6, 6.07) is 0. The van der Waals surface area contributed by atoms with Crippen molar-refractivity contribution in [1.29, 1.82) is 0 Å². The molecule has 0 spiro atoms. The molecule has 58 valence electrons. The molecule has 1 aliphatic rings. The summed E-state index contributed by atoms with van der Waals surface area (Å²) in [5, 5.41) is 6.15. The van der Waals surface area contributed by atoms with E-state index in [4.69, 9.17) is 4.74 Å². The van der Waals surface area contributed by atoms with Gasteiger partial charge in [-0.1, -0.05) is 0 Å². The molecule has 0 bridgehead atoms. The highest BCUT2D eigenvalue weighted by molar-refractivity contribution is 5.84. The van der Waals surface area contributed by atoms with Gasteiger partial charge in [-0.2, -0.15) is 5.10 Å². The first-order valence-corrected chi connectivity index (χ1v) is 3.60. The number of rotatable bonds is 1. The van der Waals surface area contributed by atoms with Crippen LogP contribution in [0.3, 0.4) is 0 Å². The quantitative estimate of drug-likeness (QED) is 0.504. The van der Waals surface area contributed by atoms with Crippen molar-refractivity contribution in [3.05, 3.63) is 0 Å². The Balaban J connectivity index is 2.37. The predicted octanol–water partition coefficient (Wildman–Crippen LogP) is 0.714. The number of nitrogens with zero attached hydrogens (tertiary/aromatic N) is 2.